The maximum absolute atomic E-state index is 14.6. The molecule has 4 heterocycles. The van der Waals surface area contributed by atoms with E-state index < -0.39 is 5.82 Å². The number of rotatable bonds is 4. The second-order valence-corrected chi connectivity index (χ2v) is 7.98. The highest BCUT2D eigenvalue weighted by Gasteiger charge is 2.14. The number of benzene rings is 1. The van der Waals surface area contributed by atoms with Crippen molar-refractivity contribution in [3.8, 4) is 16.2 Å². The molecule has 144 valence electrons. The highest BCUT2D eigenvalue weighted by atomic mass is 32.1. The van der Waals surface area contributed by atoms with Crippen molar-refractivity contribution in [2.45, 2.75) is 20.5 Å². The van der Waals surface area contributed by atoms with Crippen LogP contribution >= 0.6 is 11.3 Å². The van der Waals surface area contributed by atoms with Crippen molar-refractivity contribution in [2.24, 2.45) is 0 Å². The van der Waals surface area contributed by atoms with Gasteiger partial charge < -0.3 is 4.74 Å². The Morgan fingerprint density at radius 3 is 2.83 bits per heavy atom. The van der Waals surface area contributed by atoms with Crippen molar-refractivity contribution >= 4 is 27.9 Å². The Hall–Kier alpha value is -3.39. The topological polar surface area (TPSA) is 65.2 Å². The van der Waals surface area contributed by atoms with Crippen molar-refractivity contribution in [3.05, 3.63) is 71.1 Å². The van der Waals surface area contributed by atoms with Crippen LogP contribution in [0.5, 0.6) is 5.75 Å². The van der Waals surface area contributed by atoms with E-state index in [1.807, 2.05) is 44.3 Å². The fraction of sp³-hybridized carbons (Fsp3) is 0.143. The van der Waals surface area contributed by atoms with Gasteiger partial charge in [-0.2, -0.15) is 0 Å². The fourth-order valence-electron chi connectivity index (χ4n) is 3.23. The Balaban J connectivity index is 1.50. The first kappa shape index (κ1) is 17.7. The van der Waals surface area contributed by atoms with Gasteiger partial charge >= 0.3 is 0 Å². The maximum atomic E-state index is 14.6. The summed E-state index contributed by atoms with van der Waals surface area (Å²) < 4.78 is 22.2. The Bertz CT molecular complexity index is 1360. The molecule has 0 amide bonds. The standard InChI is InChI=1S/C21H16FN5OS/c1-12-3-4-15-17(7-12)23-6-5-18(15)28-11-20-25-26-21-16(22)8-14(10-27(20)21)19-9-24-13(2)29-19/h3-10H,11H2,1-2H3. The average Bonchev–Trinajstić information content (AvgIpc) is 3.32. The highest BCUT2D eigenvalue weighted by Crippen LogP contribution is 2.28. The minimum Gasteiger partial charge on any atom is -0.485 e. The van der Waals surface area contributed by atoms with E-state index in [4.69, 9.17) is 4.74 Å². The molecule has 1 aromatic carbocycles. The number of pyridine rings is 2. The zero-order chi connectivity index (χ0) is 20.0. The Labute approximate surface area is 169 Å². The number of nitrogens with zero attached hydrogens (tertiary/aromatic N) is 5. The molecular formula is C21H16FN5OS. The lowest BCUT2D eigenvalue weighted by Gasteiger charge is -2.09. The van der Waals surface area contributed by atoms with Crippen LogP contribution in [0.25, 0.3) is 27.0 Å². The number of ether oxygens (including phenoxy) is 1. The van der Waals surface area contributed by atoms with Gasteiger partial charge in [0.2, 0.25) is 0 Å². The minimum atomic E-state index is -0.433. The van der Waals surface area contributed by atoms with Gasteiger partial charge in [-0.15, -0.1) is 21.5 Å². The predicted molar refractivity (Wildman–Crippen MR) is 110 cm³/mol. The van der Waals surface area contributed by atoms with Crippen LogP contribution in [0.2, 0.25) is 0 Å². The lowest BCUT2D eigenvalue weighted by molar-refractivity contribution is 0.298. The van der Waals surface area contributed by atoms with Gasteiger partial charge in [-0.05, 0) is 43.7 Å². The molecule has 0 N–H and O–H groups in total. The number of hydrogen-bond donors (Lipinski definition) is 0. The summed E-state index contributed by atoms with van der Waals surface area (Å²) in [6, 6.07) is 9.28. The zero-order valence-electron chi connectivity index (χ0n) is 15.8. The number of fused-ring (bicyclic) bond motifs is 2. The fourth-order valence-corrected chi connectivity index (χ4v) is 3.99. The summed E-state index contributed by atoms with van der Waals surface area (Å²) in [6.45, 7) is 4.09. The van der Waals surface area contributed by atoms with Crippen molar-refractivity contribution < 1.29 is 9.13 Å². The van der Waals surface area contributed by atoms with Gasteiger partial charge in [0.1, 0.15) is 12.4 Å². The lowest BCUT2D eigenvalue weighted by Crippen LogP contribution is -2.03. The molecule has 4 aromatic heterocycles. The molecule has 5 rings (SSSR count). The van der Waals surface area contributed by atoms with E-state index in [2.05, 4.69) is 20.2 Å². The predicted octanol–water partition coefficient (Wildman–Crippen LogP) is 4.74. The summed E-state index contributed by atoms with van der Waals surface area (Å²) in [4.78, 5) is 9.53. The number of aryl methyl sites for hydroxylation is 2. The summed E-state index contributed by atoms with van der Waals surface area (Å²) in [5, 5.41) is 9.94. The van der Waals surface area contributed by atoms with Gasteiger partial charge in [0, 0.05) is 29.5 Å². The number of halogens is 1. The number of thiazole rings is 1. The summed E-state index contributed by atoms with van der Waals surface area (Å²) in [6.07, 6.45) is 5.27. The molecule has 0 saturated carbocycles. The Morgan fingerprint density at radius 2 is 2.00 bits per heavy atom. The van der Waals surface area contributed by atoms with Crippen LogP contribution in [-0.4, -0.2) is 24.6 Å². The van der Waals surface area contributed by atoms with E-state index in [-0.39, 0.29) is 12.3 Å². The first-order valence-electron chi connectivity index (χ1n) is 9.02. The quantitative estimate of drug-likeness (QED) is 0.432. The van der Waals surface area contributed by atoms with Crippen molar-refractivity contribution in [1.82, 2.24) is 24.6 Å². The van der Waals surface area contributed by atoms with Crippen LogP contribution < -0.4 is 4.74 Å². The highest BCUT2D eigenvalue weighted by molar-refractivity contribution is 7.15. The average molecular weight is 405 g/mol. The molecule has 0 aliphatic heterocycles. The zero-order valence-corrected chi connectivity index (χ0v) is 16.6. The second kappa shape index (κ2) is 6.89. The molecule has 6 nitrogen and oxygen atoms in total. The van der Waals surface area contributed by atoms with Gasteiger partial charge in [0.05, 0.1) is 15.4 Å². The molecule has 0 radical (unpaired) electrons. The van der Waals surface area contributed by atoms with Gasteiger partial charge in [0.25, 0.3) is 0 Å². The molecule has 0 atom stereocenters. The van der Waals surface area contributed by atoms with Crippen molar-refractivity contribution in [2.75, 3.05) is 0 Å². The van der Waals surface area contributed by atoms with Gasteiger partial charge in [0.15, 0.2) is 17.3 Å². The first-order valence-corrected chi connectivity index (χ1v) is 9.84. The summed E-state index contributed by atoms with van der Waals surface area (Å²) in [7, 11) is 0. The lowest BCUT2D eigenvalue weighted by atomic mass is 10.1. The third-order valence-corrected chi connectivity index (χ3v) is 5.61. The molecule has 8 heteroatoms. The molecule has 0 spiro atoms. The normalized spacial score (nSPS) is 11.4. The van der Waals surface area contributed by atoms with Gasteiger partial charge in [-0.1, -0.05) is 6.07 Å². The smallest absolute Gasteiger partial charge is 0.197 e. The molecular weight excluding hydrogens is 389 g/mol. The van der Waals surface area contributed by atoms with E-state index in [0.29, 0.717) is 11.6 Å². The van der Waals surface area contributed by atoms with Crippen LogP contribution in [0.15, 0.2) is 48.9 Å². The first-order chi connectivity index (χ1) is 14.1. The molecule has 0 saturated heterocycles. The second-order valence-electron chi connectivity index (χ2n) is 6.75. The third-order valence-electron chi connectivity index (χ3n) is 4.65. The van der Waals surface area contributed by atoms with Crippen molar-refractivity contribution in [1.29, 1.82) is 0 Å². The summed E-state index contributed by atoms with van der Waals surface area (Å²) in [5.41, 5.74) is 2.89. The maximum Gasteiger partial charge on any atom is 0.197 e. The third kappa shape index (κ3) is 3.21. The van der Waals surface area contributed by atoms with Gasteiger partial charge in [-0.3, -0.25) is 9.38 Å². The van der Waals surface area contributed by atoms with E-state index in [1.54, 1.807) is 16.8 Å². The molecule has 0 aliphatic rings. The number of hydrogen-bond acceptors (Lipinski definition) is 6. The Morgan fingerprint density at radius 1 is 1.10 bits per heavy atom. The summed E-state index contributed by atoms with van der Waals surface area (Å²) in [5.74, 6) is 0.776. The SMILES string of the molecule is Cc1ccc2c(OCc3nnc4c(F)cc(-c5cnc(C)s5)cn34)ccnc2c1. The molecule has 29 heavy (non-hydrogen) atoms. The van der Waals surface area contributed by atoms with E-state index in [9.17, 15) is 4.39 Å². The van der Waals surface area contributed by atoms with Crippen molar-refractivity contribution in [3.63, 3.8) is 0 Å². The van der Waals surface area contributed by atoms with E-state index >= 15 is 0 Å². The van der Waals surface area contributed by atoms with Crippen LogP contribution in [0.3, 0.4) is 0 Å². The van der Waals surface area contributed by atoms with Crippen LogP contribution in [0, 0.1) is 19.7 Å². The number of aromatic nitrogens is 5. The van der Waals surface area contributed by atoms with Crippen LogP contribution in [0.1, 0.15) is 16.4 Å². The molecule has 5 aromatic rings. The van der Waals surface area contributed by atoms with Crippen LogP contribution in [-0.2, 0) is 6.61 Å². The molecule has 0 fully saturated rings. The molecule has 0 aliphatic carbocycles. The van der Waals surface area contributed by atoms with Gasteiger partial charge in [-0.25, -0.2) is 9.37 Å². The van der Waals surface area contributed by atoms with E-state index in [0.717, 1.165) is 31.9 Å². The van der Waals surface area contributed by atoms with Crippen LogP contribution in [0.4, 0.5) is 4.39 Å². The Kier molecular flexibility index (Phi) is 4.21. The molecule has 0 unspecified atom stereocenters. The van der Waals surface area contributed by atoms with E-state index in [1.165, 1.54) is 17.4 Å². The monoisotopic (exact) mass is 405 g/mol. The summed E-state index contributed by atoms with van der Waals surface area (Å²) >= 11 is 1.51. The minimum absolute atomic E-state index is 0.152. The largest absolute Gasteiger partial charge is 0.485 e. The molecule has 0 bridgehead atoms.